The molecule has 11 heteroatoms. The smallest absolute Gasteiger partial charge is 0.246 e. The van der Waals surface area contributed by atoms with E-state index in [9.17, 15) is 4.79 Å². The Hall–Kier alpha value is -3.76. The van der Waals surface area contributed by atoms with Crippen molar-refractivity contribution in [3.63, 3.8) is 0 Å². The summed E-state index contributed by atoms with van der Waals surface area (Å²) in [5.41, 5.74) is 1.95. The lowest BCUT2D eigenvalue weighted by molar-refractivity contribution is -0.128. The number of anilines is 2. The predicted octanol–water partition coefficient (Wildman–Crippen LogP) is 4.33. The fraction of sp³-hybridized carbons (Fsp3) is 0.379. The highest BCUT2D eigenvalue weighted by atomic mass is 35.5. The summed E-state index contributed by atoms with van der Waals surface area (Å²) in [6.07, 6.45) is 3.02. The van der Waals surface area contributed by atoms with E-state index in [2.05, 4.69) is 31.5 Å². The lowest BCUT2D eigenvalue weighted by atomic mass is 9.99. The molecule has 4 aromatic rings. The summed E-state index contributed by atoms with van der Waals surface area (Å²) in [6.45, 7) is 10.2. The maximum atomic E-state index is 16.6. The maximum absolute atomic E-state index is 16.6. The van der Waals surface area contributed by atoms with E-state index in [4.69, 9.17) is 21.6 Å². The molecule has 2 atom stereocenters. The maximum Gasteiger partial charge on any atom is 0.246 e. The largest absolute Gasteiger partial charge is 0.349 e. The van der Waals surface area contributed by atoms with Crippen LogP contribution in [0.15, 0.2) is 43.1 Å². The van der Waals surface area contributed by atoms with Crippen molar-refractivity contribution in [2.75, 3.05) is 50.1 Å². The predicted molar refractivity (Wildman–Crippen MR) is 157 cm³/mol. The molecule has 6 rings (SSSR count). The van der Waals surface area contributed by atoms with Crippen molar-refractivity contribution < 1.29 is 9.18 Å². The number of hydrogen-bond acceptors (Lipinski definition) is 7. The van der Waals surface area contributed by atoms with E-state index >= 15 is 4.39 Å². The molecule has 0 bridgehead atoms. The molecule has 1 amide bonds. The number of likely N-dealkylation sites (N-methyl/N-ethyl adjacent to an activating group) is 1. The number of carbonyl (C=O) groups is 1. The van der Waals surface area contributed by atoms with E-state index < -0.39 is 5.82 Å². The summed E-state index contributed by atoms with van der Waals surface area (Å²) in [5.74, 6) is 0.507. The van der Waals surface area contributed by atoms with Gasteiger partial charge in [0.1, 0.15) is 11.3 Å². The summed E-state index contributed by atoms with van der Waals surface area (Å²) >= 11 is 6.84. The monoisotopic (exact) mass is 562 g/mol. The van der Waals surface area contributed by atoms with Gasteiger partial charge in [0.15, 0.2) is 5.82 Å². The molecule has 0 aliphatic carbocycles. The molecule has 9 nitrogen and oxygen atoms in total. The molecule has 2 aromatic carbocycles. The molecule has 40 heavy (non-hydrogen) atoms. The van der Waals surface area contributed by atoms with Crippen LogP contribution in [0, 0.1) is 5.82 Å². The molecule has 0 saturated carbocycles. The Labute approximate surface area is 237 Å². The number of benzene rings is 2. The van der Waals surface area contributed by atoms with Crippen LogP contribution in [0.25, 0.3) is 32.9 Å². The van der Waals surface area contributed by atoms with Gasteiger partial charge < -0.3 is 19.6 Å². The van der Waals surface area contributed by atoms with Gasteiger partial charge in [0.25, 0.3) is 0 Å². The van der Waals surface area contributed by atoms with Gasteiger partial charge in [0.05, 0.1) is 16.7 Å². The molecular formula is C29H32ClFN8O. The first kappa shape index (κ1) is 26.5. The van der Waals surface area contributed by atoms with Crippen molar-refractivity contribution in [2.45, 2.75) is 32.0 Å². The number of aromatic nitrogens is 4. The highest BCUT2D eigenvalue weighted by Gasteiger charge is 2.36. The van der Waals surface area contributed by atoms with Crippen LogP contribution in [0.5, 0.6) is 0 Å². The number of carbonyl (C=O) groups excluding carboxylic acids is 1. The Morgan fingerprint density at radius 2 is 1.93 bits per heavy atom. The number of nitrogens with one attached hydrogen (secondary N) is 1. The first-order valence-corrected chi connectivity index (χ1v) is 13.8. The summed E-state index contributed by atoms with van der Waals surface area (Å²) in [4.78, 5) is 30.4. The van der Waals surface area contributed by atoms with Crippen LogP contribution >= 0.6 is 11.6 Å². The molecule has 4 heterocycles. The van der Waals surface area contributed by atoms with Crippen LogP contribution in [0.2, 0.25) is 5.02 Å². The van der Waals surface area contributed by atoms with Gasteiger partial charge in [0.2, 0.25) is 11.9 Å². The number of rotatable bonds is 5. The van der Waals surface area contributed by atoms with Crippen LogP contribution in [0.1, 0.15) is 13.8 Å². The third kappa shape index (κ3) is 4.26. The van der Waals surface area contributed by atoms with Crippen LogP contribution in [0.3, 0.4) is 0 Å². The van der Waals surface area contributed by atoms with Crippen LogP contribution in [-0.4, -0.2) is 94.3 Å². The lowest BCUT2D eigenvalue weighted by Crippen LogP contribution is -2.59. The second kappa shape index (κ2) is 10.0. The van der Waals surface area contributed by atoms with Gasteiger partial charge in [-0.15, -0.1) is 0 Å². The summed E-state index contributed by atoms with van der Waals surface area (Å²) in [6, 6.07) is 7.56. The second-order valence-corrected chi connectivity index (χ2v) is 11.4. The molecular weight excluding hydrogens is 531 g/mol. The van der Waals surface area contributed by atoms with E-state index in [0.717, 1.165) is 24.0 Å². The van der Waals surface area contributed by atoms with Crippen LogP contribution in [0.4, 0.5) is 16.2 Å². The second-order valence-electron chi connectivity index (χ2n) is 11.0. The van der Waals surface area contributed by atoms with Gasteiger partial charge >= 0.3 is 0 Å². The van der Waals surface area contributed by atoms with Gasteiger partial charge in [-0.05, 0) is 51.7 Å². The number of aromatic amines is 1. The topological polar surface area (TPSA) is 84.5 Å². The molecule has 208 valence electrons. The number of piperazine rings is 1. The third-order valence-corrected chi connectivity index (χ3v) is 8.49. The number of H-pyrrole nitrogens is 1. The van der Waals surface area contributed by atoms with Crippen molar-refractivity contribution in [1.29, 1.82) is 0 Å². The average Bonchev–Trinajstić information content (AvgIpc) is 3.38. The van der Waals surface area contributed by atoms with Gasteiger partial charge in [-0.25, -0.2) is 9.37 Å². The van der Waals surface area contributed by atoms with E-state index in [1.807, 2.05) is 51.0 Å². The molecule has 0 radical (unpaired) electrons. The minimum absolute atomic E-state index is 0.0712. The highest BCUT2D eigenvalue weighted by Crippen LogP contribution is 2.42. The normalized spacial score (nSPS) is 20.0. The van der Waals surface area contributed by atoms with Gasteiger partial charge in [-0.3, -0.25) is 9.89 Å². The first-order chi connectivity index (χ1) is 19.2. The third-order valence-electron chi connectivity index (χ3n) is 8.20. The average molecular weight is 563 g/mol. The number of halogens is 2. The quantitative estimate of drug-likeness (QED) is 0.362. The van der Waals surface area contributed by atoms with Crippen LogP contribution < -0.4 is 9.80 Å². The molecule has 0 spiro atoms. The first-order valence-electron chi connectivity index (χ1n) is 13.4. The molecule has 1 N–H and O–H groups in total. The summed E-state index contributed by atoms with van der Waals surface area (Å²) in [7, 11) is 4.10. The minimum Gasteiger partial charge on any atom is -0.349 e. The van der Waals surface area contributed by atoms with Crippen molar-refractivity contribution in [1.82, 2.24) is 30.0 Å². The van der Waals surface area contributed by atoms with Gasteiger partial charge in [0, 0.05) is 60.6 Å². The number of fused-ring (bicyclic) bond motifs is 2. The Balaban J connectivity index is 1.52. The zero-order chi connectivity index (χ0) is 28.3. The lowest BCUT2D eigenvalue weighted by Gasteiger charge is -2.45. The van der Waals surface area contributed by atoms with Crippen molar-refractivity contribution >= 4 is 51.1 Å². The molecule has 2 aliphatic rings. The van der Waals surface area contributed by atoms with E-state index in [1.165, 1.54) is 6.08 Å². The van der Waals surface area contributed by atoms with Crippen molar-refractivity contribution in [3.05, 3.63) is 54.0 Å². The molecule has 2 saturated heterocycles. The zero-order valence-corrected chi connectivity index (χ0v) is 23.8. The molecule has 2 fully saturated rings. The van der Waals surface area contributed by atoms with Crippen molar-refractivity contribution in [2.24, 2.45) is 0 Å². The number of amides is 1. The molecule has 2 aromatic heterocycles. The molecule has 0 unspecified atom stereocenters. The van der Waals surface area contributed by atoms with E-state index in [1.54, 1.807) is 12.3 Å². The van der Waals surface area contributed by atoms with Crippen molar-refractivity contribution in [3.8, 4) is 11.1 Å². The van der Waals surface area contributed by atoms with Crippen LogP contribution in [-0.2, 0) is 4.79 Å². The number of hydrogen-bond donors (Lipinski definition) is 1. The fourth-order valence-corrected chi connectivity index (χ4v) is 6.05. The Morgan fingerprint density at radius 3 is 2.65 bits per heavy atom. The van der Waals surface area contributed by atoms with Gasteiger partial charge in [-0.1, -0.05) is 30.3 Å². The fourth-order valence-electron chi connectivity index (χ4n) is 5.75. The van der Waals surface area contributed by atoms with E-state index in [-0.39, 0.29) is 34.1 Å². The Morgan fingerprint density at radius 1 is 1.15 bits per heavy atom. The van der Waals surface area contributed by atoms with E-state index in [0.29, 0.717) is 41.8 Å². The number of nitrogens with zero attached hydrogens (tertiary/aromatic N) is 7. The highest BCUT2D eigenvalue weighted by molar-refractivity contribution is 6.35. The summed E-state index contributed by atoms with van der Waals surface area (Å²) < 4.78 is 16.6. The SMILES string of the molecule is C=CC(=O)N1C[C@H](C)N(c2nc(N3CC(N(C)C)C3)nc3c(F)c(-c4cccc5[nH]ncc45)c(Cl)cc23)C[C@H]1C. The minimum atomic E-state index is -0.494. The summed E-state index contributed by atoms with van der Waals surface area (Å²) in [5, 5.41) is 8.67. The van der Waals surface area contributed by atoms with Gasteiger partial charge in [-0.2, -0.15) is 10.1 Å². The standard InChI is InChI=1S/C29H32ClFN8O/c1-6-24(40)38-12-17(3)39(13-16(38)2)28-20-10-22(30)25(19-8-7-9-23-21(19)11-32-35-23)26(31)27(20)33-29(34-28)37-14-18(15-37)36(4)5/h6-11,16-18H,1,12-15H2,2-5H3,(H,32,35)/t16-,17+/m1/s1. The zero-order valence-electron chi connectivity index (χ0n) is 23.0. The molecule has 2 aliphatic heterocycles. The Kier molecular flexibility index (Phi) is 6.62. The Bertz CT molecular complexity index is 1630.